The first-order chi connectivity index (χ1) is 13.6. The van der Waals surface area contributed by atoms with Crippen molar-refractivity contribution in [3.05, 3.63) is 59.7 Å². The molecule has 0 bridgehead atoms. The van der Waals surface area contributed by atoms with E-state index in [-0.39, 0.29) is 11.9 Å². The van der Waals surface area contributed by atoms with Crippen molar-refractivity contribution in [1.82, 2.24) is 5.32 Å². The van der Waals surface area contributed by atoms with E-state index >= 15 is 0 Å². The van der Waals surface area contributed by atoms with E-state index in [1.165, 1.54) is 36.9 Å². The molecule has 2 aliphatic rings. The average Bonchev–Trinajstić information content (AvgIpc) is 3.15. The third-order valence-electron chi connectivity index (χ3n) is 6.02. The topological polar surface area (TPSA) is 41.6 Å². The van der Waals surface area contributed by atoms with Gasteiger partial charge < -0.3 is 15.0 Å². The molecule has 28 heavy (non-hydrogen) atoms. The van der Waals surface area contributed by atoms with Crippen LogP contribution < -0.4 is 15.0 Å². The number of benzene rings is 2. The van der Waals surface area contributed by atoms with Crippen LogP contribution in [0.2, 0.25) is 0 Å². The van der Waals surface area contributed by atoms with E-state index in [1.807, 2.05) is 6.92 Å². The molecule has 4 rings (SSSR count). The molecule has 2 aromatic rings. The summed E-state index contributed by atoms with van der Waals surface area (Å²) < 4.78 is 6.06. The van der Waals surface area contributed by atoms with Crippen LogP contribution in [-0.4, -0.2) is 25.1 Å². The van der Waals surface area contributed by atoms with Gasteiger partial charge in [-0.1, -0.05) is 24.3 Å². The van der Waals surface area contributed by atoms with Crippen LogP contribution in [0, 0.1) is 0 Å². The maximum absolute atomic E-state index is 11.2. The van der Waals surface area contributed by atoms with E-state index in [2.05, 4.69) is 58.7 Å². The third-order valence-corrected chi connectivity index (χ3v) is 6.02. The predicted octanol–water partition coefficient (Wildman–Crippen LogP) is 4.81. The Morgan fingerprint density at radius 3 is 2.29 bits per heavy atom. The molecule has 4 nitrogen and oxygen atoms in total. The maximum Gasteiger partial charge on any atom is 0.217 e. The number of hydrogen-bond donors (Lipinski definition) is 1. The summed E-state index contributed by atoms with van der Waals surface area (Å²) in [6.45, 7) is 5.66. The molecule has 1 aliphatic carbocycles. The summed E-state index contributed by atoms with van der Waals surface area (Å²) in [6, 6.07) is 17.3. The molecule has 1 saturated heterocycles. The lowest BCUT2D eigenvalue weighted by atomic mass is 9.90. The first-order valence-electron chi connectivity index (χ1n) is 10.5. The minimum absolute atomic E-state index is 0.00544. The normalized spacial score (nSPS) is 18.6. The first-order valence-corrected chi connectivity index (χ1v) is 10.5. The fourth-order valence-electron chi connectivity index (χ4n) is 4.28. The fourth-order valence-corrected chi connectivity index (χ4v) is 4.28. The molecule has 1 unspecified atom stereocenters. The van der Waals surface area contributed by atoms with Gasteiger partial charge >= 0.3 is 0 Å². The Labute approximate surface area is 167 Å². The van der Waals surface area contributed by atoms with Gasteiger partial charge in [-0.05, 0) is 68.0 Å². The van der Waals surface area contributed by atoms with Gasteiger partial charge in [0.05, 0.1) is 12.1 Å². The summed E-state index contributed by atoms with van der Waals surface area (Å²) in [4.78, 5) is 13.6. The SMILES string of the molecule is CC(=O)NC(C)c1ccc(C2CN(c3ccc(OC4CCCC4)cc3)C2)cc1. The van der Waals surface area contributed by atoms with E-state index in [1.54, 1.807) is 6.92 Å². The van der Waals surface area contributed by atoms with Crippen LogP contribution in [0.4, 0.5) is 5.69 Å². The Bertz CT molecular complexity index is 788. The molecule has 0 spiro atoms. The highest BCUT2D eigenvalue weighted by molar-refractivity contribution is 5.73. The van der Waals surface area contributed by atoms with Crippen molar-refractivity contribution in [3.63, 3.8) is 0 Å². The average molecular weight is 379 g/mol. The van der Waals surface area contributed by atoms with E-state index in [0.29, 0.717) is 12.0 Å². The van der Waals surface area contributed by atoms with Crippen molar-refractivity contribution in [1.29, 1.82) is 0 Å². The van der Waals surface area contributed by atoms with Gasteiger partial charge in [0.25, 0.3) is 0 Å². The molecule has 2 fully saturated rings. The highest BCUT2D eigenvalue weighted by Gasteiger charge is 2.28. The van der Waals surface area contributed by atoms with E-state index in [9.17, 15) is 4.79 Å². The smallest absolute Gasteiger partial charge is 0.217 e. The highest BCUT2D eigenvalue weighted by atomic mass is 16.5. The molecule has 1 heterocycles. The van der Waals surface area contributed by atoms with E-state index in [0.717, 1.165) is 24.4 Å². The molecule has 1 aliphatic heterocycles. The lowest BCUT2D eigenvalue weighted by Gasteiger charge is -2.41. The lowest BCUT2D eigenvalue weighted by molar-refractivity contribution is -0.119. The molecule has 4 heteroatoms. The van der Waals surface area contributed by atoms with E-state index < -0.39 is 0 Å². The molecule has 1 amide bonds. The molecule has 0 aromatic heterocycles. The first kappa shape index (κ1) is 18.9. The van der Waals surface area contributed by atoms with Gasteiger partial charge in [-0.3, -0.25) is 4.79 Å². The van der Waals surface area contributed by atoms with Crippen LogP contribution in [0.3, 0.4) is 0 Å². The highest BCUT2D eigenvalue weighted by Crippen LogP contribution is 2.33. The van der Waals surface area contributed by atoms with Crippen molar-refractivity contribution in [2.24, 2.45) is 0 Å². The van der Waals surface area contributed by atoms with Gasteiger partial charge in [-0.15, -0.1) is 0 Å². The standard InChI is InChI=1S/C24H30N2O2/c1-17(25-18(2)27)19-7-9-20(10-8-19)21-15-26(16-21)22-11-13-24(14-12-22)28-23-5-3-4-6-23/h7-14,17,21,23H,3-6,15-16H2,1-2H3,(H,25,27). The van der Waals surface area contributed by atoms with Gasteiger partial charge in [0.2, 0.25) is 5.91 Å². The quantitative estimate of drug-likeness (QED) is 0.784. The molecule has 148 valence electrons. The Balaban J connectivity index is 1.29. The van der Waals surface area contributed by atoms with Crippen molar-refractivity contribution >= 4 is 11.6 Å². The second kappa shape index (κ2) is 8.26. The summed E-state index contributed by atoms with van der Waals surface area (Å²) in [5.41, 5.74) is 3.79. The molecular weight excluding hydrogens is 348 g/mol. The summed E-state index contributed by atoms with van der Waals surface area (Å²) in [5, 5.41) is 2.93. The summed E-state index contributed by atoms with van der Waals surface area (Å²) in [5.74, 6) is 1.57. The molecule has 0 radical (unpaired) electrons. The van der Waals surface area contributed by atoms with Gasteiger partial charge in [-0.25, -0.2) is 0 Å². The Kier molecular flexibility index (Phi) is 5.56. The second-order valence-electron chi connectivity index (χ2n) is 8.21. The van der Waals surface area contributed by atoms with Gasteiger partial charge in [-0.2, -0.15) is 0 Å². The molecular formula is C24H30N2O2. The van der Waals surface area contributed by atoms with Crippen molar-refractivity contribution in [2.75, 3.05) is 18.0 Å². The number of carbonyl (C=O) groups is 1. The van der Waals surface area contributed by atoms with Crippen molar-refractivity contribution in [2.45, 2.75) is 57.6 Å². The molecule has 1 atom stereocenters. The minimum atomic E-state index is 0.00544. The summed E-state index contributed by atoms with van der Waals surface area (Å²) in [6.07, 6.45) is 5.39. The van der Waals surface area contributed by atoms with Crippen LogP contribution in [0.5, 0.6) is 5.75 Å². The lowest BCUT2D eigenvalue weighted by Crippen LogP contribution is -2.45. The second-order valence-corrected chi connectivity index (χ2v) is 8.21. The number of ether oxygens (including phenoxy) is 1. The number of carbonyl (C=O) groups excluding carboxylic acids is 1. The van der Waals surface area contributed by atoms with Crippen LogP contribution in [0.15, 0.2) is 48.5 Å². The monoisotopic (exact) mass is 378 g/mol. The molecule has 1 saturated carbocycles. The zero-order chi connectivity index (χ0) is 19.5. The zero-order valence-electron chi connectivity index (χ0n) is 16.9. The Hall–Kier alpha value is -2.49. The number of amides is 1. The van der Waals surface area contributed by atoms with Crippen molar-refractivity contribution in [3.8, 4) is 5.75 Å². The Morgan fingerprint density at radius 2 is 1.68 bits per heavy atom. The minimum Gasteiger partial charge on any atom is -0.490 e. The van der Waals surface area contributed by atoms with Crippen LogP contribution in [-0.2, 0) is 4.79 Å². The number of anilines is 1. The Morgan fingerprint density at radius 1 is 1.04 bits per heavy atom. The fraction of sp³-hybridized carbons (Fsp3) is 0.458. The van der Waals surface area contributed by atoms with Crippen molar-refractivity contribution < 1.29 is 9.53 Å². The van der Waals surface area contributed by atoms with Crippen LogP contribution >= 0.6 is 0 Å². The molecule has 1 N–H and O–H groups in total. The predicted molar refractivity (Wildman–Crippen MR) is 113 cm³/mol. The van der Waals surface area contributed by atoms with Gasteiger partial charge in [0, 0.05) is 31.6 Å². The number of nitrogens with zero attached hydrogens (tertiary/aromatic N) is 1. The zero-order valence-corrected chi connectivity index (χ0v) is 16.9. The van der Waals surface area contributed by atoms with Crippen LogP contribution in [0.25, 0.3) is 0 Å². The number of hydrogen-bond acceptors (Lipinski definition) is 3. The van der Waals surface area contributed by atoms with Crippen LogP contribution in [0.1, 0.15) is 62.6 Å². The van der Waals surface area contributed by atoms with Gasteiger partial charge in [0.15, 0.2) is 0 Å². The third kappa shape index (κ3) is 4.32. The largest absolute Gasteiger partial charge is 0.490 e. The number of nitrogens with one attached hydrogen (secondary N) is 1. The number of rotatable bonds is 6. The summed E-state index contributed by atoms with van der Waals surface area (Å²) >= 11 is 0. The maximum atomic E-state index is 11.2. The molecule has 2 aromatic carbocycles. The van der Waals surface area contributed by atoms with Gasteiger partial charge in [0.1, 0.15) is 5.75 Å². The van der Waals surface area contributed by atoms with E-state index in [4.69, 9.17) is 4.74 Å². The summed E-state index contributed by atoms with van der Waals surface area (Å²) in [7, 11) is 0.